The zero-order chi connectivity index (χ0) is 12.6. The first-order valence-electron chi connectivity index (χ1n) is 5.15. The molecular weight excluding hydrogens is 220 g/mol. The maximum absolute atomic E-state index is 11.5. The number of allylic oxidation sites excluding steroid dienone is 2. The molecule has 0 aromatic heterocycles. The highest BCUT2D eigenvalue weighted by Gasteiger charge is 2.19. The van der Waals surface area contributed by atoms with E-state index in [0.717, 1.165) is 5.57 Å². The summed E-state index contributed by atoms with van der Waals surface area (Å²) in [6.07, 6.45) is 1.87. The largest absolute Gasteiger partial charge is 0.504 e. The first kappa shape index (κ1) is 11.3. The molecule has 88 valence electrons. The third-order valence-corrected chi connectivity index (χ3v) is 2.67. The van der Waals surface area contributed by atoms with Gasteiger partial charge in [-0.25, -0.2) is 0 Å². The second-order valence-electron chi connectivity index (χ2n) is 4.04. The highest BCUT2D eigenvalue weighted by atomic mass is 16.3. The van der Waals surface area contributed by atoms with Crippen LogP contribution >= 0.6 is 0 Å². The van der Waals surface area contributed by atoms with Crippen LogP contribution in [-0.4, -0.2) is 15.3 Å². The summed E-state index contributed by atoms with van der Waals surface area (Å²) in [6, 6.07) is 4.37. The minimum Gasteiger partial charge on any atom is -0.504 e. The smallest absolute Gasteiger partial charge is 0.220 e. The second kappa shape index (κ2) is 3.97. The molecule has 0 radical (unpaired) electrons. The molecule has 1 aliphatic carbocycles. The Morgan fingerprint density at radius 1 is 1.18 bits per heavy atom. The highest BCUT2D eigenvalue weighted by molar-refractivity contribution is 5.71. The molecule has 0 amide bonds. The van der Waals surface area contributed by atoms with Crippen molar-refractivity contribution in [3.8, 4) is 5.75 Å². The third-order valence-electron chi connectivity index (χ3n) is 2.67. The molecule has 0 atom stereocenters. The molecule has 0 bridgehead atoms. The molecule has 17 heavy (non-hydrogen) atoms. The molecule has 0 saturated heterocycles. The van der Waals surface area contributed by atoms with Crippen molar-refractivity contribution in [2.45, 2.75) is 13.3 Å². The molecule has 0 aliphatic heterocycles. The van der Waals surface area contributed by atoms with Gasteiger partial charge in [-0.15, -0.1) is 0 Å². The summed E-state index contributed by atoms with van der Waals surface area (Å²) < 4.78 is 0. The Bertz CT molecular complexity index is 597. The normalized spacial score (nSPS) is 15.0. The predicted molar refractivity (Wildman–Crippen MR) is 64.0 cm³/mol. The minimum atomic E-state index is -0.592. The van der Waals surface area contributed by atoms with Crippen LogP contribution in [0.4, 0.5) is 0 Å². The van der Waals surface area contributed by atoms with Crippen LogP contribution in [0.25, 0.3) is 5.76 Å². The Morgan fingerprint density at radius 2 is 1.88 bits per heavy atom. The fourth-order valence-electron chi connectivity index (χ4n) is 1.88. The van der Waals surface area contributed by atoms with Gasteiger partial charge in [-0.1, -0.05) is 17.7 Å². The Balaban J connectivity index is 2.88. The number of hydrogen-bond donors (Lipinski definition) is 3. The standard InChI is InChI=1S/C13H12O4/c1-7-5-8-3-2-4-9(14)12(16)11(8)13(17)10(15)6-7/h2-4,6,15,17H,5H2,1H3,(H,14,16). The predicted octanol–water partition coefficient (Wildman–Crippen LogP) is 2.04. The van der Waals surface area contributed by atoms with E-state index in [-0.39, 0.29) is 11.3 Å². The highest BCUT2D eigenvalue weighted by Crippen LogP contribution is 2.30. The van der Waals surface area contributed by atoms with E-state index in [4.69, 9.17) is 0 Å². The van der Waals surface area contributed by atoms with Crippen molar-refractivity contribution >= 4 is 5.76 Å². The van der Waals surface area contributed by atoms with E-state index in [1.807, 2.05) is 0 Å². The number of rotatable bonds is 0. The lowest BCUT2D eigenvalue weighted by atomic mass is 10.0. The van der Waals surface area contributed by atoms with Gasteiger partial charge in [-0.3, -0.25) is 4.79 Å². The van der Waals surface area contributed by atoms with Crippen molar-refractivity contribution in [2.24, 2.45) is 0 Å². The van der Waals surface area contributed by atoms with Crippen LogP contribution in [0.3, 0.4) is 0 Å². The van der Waals surface area contributed by atoms with Crippen LogP contribution in [0.2, 0.25) is 0 Å². The quantitative estimate of drug-likeness (QED) is 0.639. The number of aromatic hydroxyl groups is 1. The first-order valence-corrected chi connectivity index (χ1v) is 5.15. The zero-order valence-corrected chi connectivity index (χ0v) is 9.27. The van der Waals surface area contributed by atoms with Crippen molar-refractivity contribution in [2.75, 3.05) is 0 Å². The Labute approximate surface area is 97.8 Å². The molecule has 0 spiro atoms. The fourth-order valence-corrected chi connectivity index (χ4v) is 1.88. The van der Waals surface area contributed by atoms with Gasteiger partial charge >= 0.3 is 0 Å². The molecule has 1 aliphatic rings. The molecule has 0 fully saturated rings. The van der Waals surface area contributed by atoms with Crippen molar-refractivity contribution in [1.82, 2.24) is 0 Å². The summed E-state index contributed by atoms with van der Waals surface area (Å²) in [4.78, 5) is 11.5. The maximum atomic E-state index is 11.5. The molecular formula is C13H12O4. The van der Waals surface area contributed by atoms with E-state index in [9.17, 15) is 20.1 Å². The van der Waals surface area contributed by atoms with E-state index in [1.165, 1.54) is 18.2 Å². The van der Waals surface area contributed by atoms with Gasteiger partial charge in [0.05, 0.1) is 5.56 Å². The van der Waals surface area contributed by atoms with Crippen LogP contribution < -0.4 is 5.43 Å². The van der Waals surface area contributed by atoms with Gasteiger partial charge in [0.25, 0.3) is 0 Å². The third kappa shape index (κ3) is 1.89. The average molecular weight is 232 g/mol. The molecule has 0 saturated carbocycles. The zero-order valence-electron chi connectivity index (χ0n) is 9.27. The van der Waals surface area contributed by atoms with Crippen LogP contribution in [0.15, 0.2) is 40.4 Å². The lowest BCUT2D eigenvalue weighted by molar-refractivity contribution is 0.394. The number of hydrogen-bond acceptors (Lipinski definition) is 4. The van der Waals surface area contributed by atoms with Crippen LogP contribution in [0.1, 0.15) is 18.1 Å². The average Bonchev–Trinajstić information content (AvgIpc) is 2.44. The fraction of sp³-hybridized carbons (Fsp3) is 0.154. The van der Waals surface area contributed by atoms with Crippen LogP contribution in [0, 0.1) is 0 Å². The number of fused-ring (bicyclic) bond motifs is 1. The van der Waals surface area contributed by atoms with E-state index < -0.39 is 16.9 Å². The molecule has 0 unspecified atom stereocenters. The van der Waals surface area contributed by atoms with Crippen LogP contribution in [-0.2, 0) is 6.42 Å². The van der Waals surface area contributed by atoms with Gasteiger partial charge in [0, 0.05) is 0 Å². The first-order chi connectivity index (χ1) is 8.00. The lowest BCUT2D eigenvalue weighted by Crippen LogP contribution is -1.99. The monoisotopic (exact) mass is 232 g/mol. The van der Waals surface area contributed by atoms with Gasteiger partial charge in [-0.2, -0.15) is 0 Å². The number of aliphatic hydroxyl groups is 2. The molecule has 4 heteroatoms. The van der Waals surface area contributed by atoms with E-state index in [2.05, 4.69) is 0 Å². The topological polar surface area (TPSA) is 77.8 Å². The summed E-state index contributed by atoms with van der Waals surface area (Å²) in [6.45, 7) is 1.79. The summed E-state index contributed by atoms with van der Waals surface area (Å²) in [5.74, 6) is -1.36. The Morgan fingerprint density at radius 3 is 2.59 bits per heavy atom. The van der Waals surface area contributed by atoms with Crippen molar-refractivity contribution in [1.29, 1.82) is 0 Å². The molecule has 0 heterocycles. The Kier molecular flexibility index (Phi) is 2.63. The Hall–Kier alpha value is -2.23. The van der Waals surface area contributed by atoms with Gasteiger partial charge in [0.1, 0.15) is 0 Å². The summed E-state index contributed by atoms with van der Waals surface area (Å²) in [5, 5.41) is 29.2. The van der Waals surface area contributed by atoms with Gasteiger partial charge in [0.2, 0.25) is 5.43 Å². The second-order valence-corrected chi connectivity index (χ2v) is 4.04. The molecule has 4 nitrogen and oxygen atoms in total. The summed E-state index contributed by atoms with van der Waals surface area (Å²) in [7, 11) is 0. The van der Waals surface area contributed by atoms with E-state index in [0.29, 0.717) is 12.0 Å². The summed E-state index contributed by atoms with van der Waals surface area (Å²) >= 11 is 0. The number of aliphatic hydroxyl groups excluding tert-OH is 2. The van der Waals surface area contributed by atoms with Gasteiger partial charge in [0.15, 0.2) is 17.3 Å². The SMILES string of the molecule is CC1=CC(O)=C(O)c2c(cccc(=O)c2O)C1. The summed E-state index contributed by atoms with van der Waals surface area (Å²) in [5.41, 5.74) is 0.835. The van der Waals surface area contributed by atoms with Gasteiger partial charge in [-0.05, 0) is 31.1 Å². The molecule has 1 aromatic rings. The van der Waals surface area contributed by atoms with Gasteiger partial charge < -0.3 is 15.3 Å². The maximum Gasteiger partial charge on any atom is 0.220 e. The van der Waals surface area contributed by atoms with E-state index >= 15 is 0 Å². The van der Waals surface area contributed by atoms with Crippen molar-refractivity contribution < 1.29 is 15.3 Å². The van der Waals surface area contributed by atoms with Crippen molar-refractivity contribution in [3.63, 3.8) is 0 Å². The minimum absolute atomic E-state index is 0.00519. The lowest BCUT2D eigenvalue weighted by Gasteiger charge is -2.04. The molecule has 3 N–H and O–H groups in total. The van der Waals surface area contributed by atoms with Crippen molar-refractivity contribution in [3.05, 3.63) is 57.0 Å². The molecule has 1 aromatic carbocycles. The van der Waals surface area contributed by atoms with E-state index in [1.54, 1.807) is 13.0 Å². The molecule has 2 rings (SSSR count). The van der Waals surface area contributed by atoms with Crippen LogP contribution in [0.5, 0.6) is 5.75 Å².